The summed E-state index contributed by atoms with van der Waals surface area (Å²) in [7, 11) is 0. The zero-order valence-electron chi connectivity index (χ0n) is 13.1. The van der Waals surface area contributed by atoms with E-state index in [0.29, 0.717) is 37.9 Å². The van der Waals surface area contributed by atoms with Crippen molar-refractivity contribution in [3.05, 3.63) is 35.4 Å². The van der Waals surface area contributed by atoms with E-state index < -0.39 is 11.7 Å². The highest BCUT2D eigenvalue weighted by Gasteiger charge is 2.33. The molecule has 1 aliphatic rings. The molecular weight excluding hydrogens is 305 g/mol. The maximum absolute atomic E-state index is 13.0. The highest BCUT2D eigenvalue weighted by Crippen LogP contribution is 2.33. The Morgan fingerprint density at radius 2 is 2.04 bits per heavy atom. The summed E-state index contributed by atoms with van der Waals surface area (Å²) in [6, 6.07) is 5.74. The van der Waals surface area contributed by atoms with Crippen LogP contribution >= 0.6 is 0 Å². The van der Waals surface area contributed by atoms with Crippen LogP contribution in [-0.4, -0.2) is 30.4 Å². The number of hydrogen-bond acceptors (Lipinski definition) is 2. The van der Waals surface area contributed by atoms with Gasteiger partial charge in [0.2, 0.25) is 5.91 Å². The van der Waals surface area contributed by atoms with Crippen molar-refractivity contribution in [2.45, 2.75) is 38.3 Å². The Kier molecular flexibility index (Phi) is 6.04. The van der Waals surface area contributed by atoms with Gasteiger partial charge in [0.15, 0.2) is 0 Å². The van der Waals surface area contributed by atoms with E-state index >= 15 is 0 Å². The Morgan fingerprint density at radius 3 is 2.74 bits per heavy atom. The monoisotopic (exact) mass is 328 g/mol. The number of carbonyl (C=O) groups is 1. The number of aryl methyl sites for hydroxylation is 1. The number of nitrogens with two attached hydrogens (primary N) is 1. The van der Waals surface area contributed by atoms with Gasteiger partial charge in [-0.15, -0.1) is 0 Å². The first kappa shape index (κ1) is 17.8. The number of carbonyl (C=O) groups excluding carboxylic acids is 1. The lowest BCUT2D eigenvalue weighted by atomic mass is 9.90. The molecule has 1 fully saturated rings. The largest absolute Gasteiger partial charge is 0.416 e. The van der Waals surface area contributed by atoms with Crippen molar-refractivity contribution in [1.82, 2.24) is 4.90 Å². The number of nitrogens with zero attached hydrogens (tertiary/aromatic N) is 1. The quantitative estimate of drug-likeness (QED) is 0.902. The molecule has 0 bridgehead atoms. The lowest BCUT2D eigenvalue weighted by Crippen LogP contribution is -2.40. The summed E-state index contributed by atoms with van der Waals surface area (Å²) in [5.74, 6) is 0.305. The Morgan fingerprint density at radius 1 is 1.30 bits per heavy atom. The first-order valence-corrected chi connectivity index (χ1v) is 8.04. The molecule has 1 saturated heterocycles. The maximum atomic E-state index is 13.0. The van der Waals surface area contributed by atoms with Gasteiger partial charge in [-0.25, -0.2) is 0 Å². The van der Waals surface area contributed by atoms with E-state index in [4.69, 9.17) is 5.73 Å². The molecule has 0 radical (unpaired) electrons. The minimum atomic E-state index is -4.31. The Balaban J connectivity index is 1.95. The SMILES string of the molecule is NCCC(=O)N1CCC[C@@H](CCc2ccccc2C(F)(F)F)C1. The van der Waals surface area contributed by atoms with E-state index in [1.165, 1.54) is 6.07 Å². The molecule has 1 aromatic carbocycles. The van der Waals surface area contributed by atoms with E-state index in [1.807, 2.05) is 0 Å². The number of amides is 1. The van der Waals surface area contributed by atoms with E-state index in [0.717, 1.165) is 25.5 Å². The molecule has 3 nitrogen and oxygen atoms in total. The predicted octanol–water partition coefficient (Wildman–Crippen LogP) is 3.23. The number of alkyl halides is 3. The highest BCUT2D eigenvalue weighted by atomic mass is 19.4. The number of hydrogen-bond donors (Lipinski definition) is 1. The zero-order chi connectivity index (χ0) is 16.9. The zero-order valence-corrected chi connectivity index (χ0v) is 13.1. The number of rotatable bonds is 5. The topological polar surface area (TPSA) is 46.3 Å². The third-order valence-electron chi connectivity index (χ3n) is 4.37. The molecule has 6 heteroatoms. The molecule has 0 unspecified atom stereocenters. The van der Waals surface area contributed by atoms with Gasteiger partial charge in [-0.1, -0.05) is 18.2 Å². The summed E-state index contributed by atoms with van der Waals surface area (Å²) in [6.45, 7) is 1.69. The van der Waals surface area contributed by atoms with Crippen LogP contribution in [-0.2, 0) is 17.4 Å². The minimum Gasteiger partial charge on any atom is -0.342 e. The summed E-state index contributed by atoms with van der Waals surface area (Å²) >= 11 is 0. The second-order valence-electron chi connectivity index (χ2n) is 6.08. The standard InChI is InChI=1S/C17H23F3N2O/c18-17(19,20)15-6-2-1-5-14(15)8-7-13-4-3-11-22(12-13)16(23)9-10-21/h1-2,5-6,13H,3-4,7-12,21H2/t13-/m0/s1. The van der Waals surface area contributed by atoms with Gasteiger partial charge in [-0.05, 0) is 43.2 Å². The van der Waals surface area contributed by atoms with Gasteiger partial charge in [-0.3, -0.25) is 4.79 Å². The molecule has 1 aromatic rings. The highest BCUT2D eigenvalue weighted by molar-refractivity contribution is 5.76. The number of halogens is 3. The van der Waals surface area contributed by atoms with Gasteiger partial charge in [0, 0.05) is 26.1 Å². The third kappa shape index (κ3) is 4.96. The van der Waals surface area contributed by atoms with Gasteiger partial charge >= 0.3 is 6.18 Å². The van der Waals surface area contributed by atoms with Crippen LogP contribution in [0.5, 0.6) is 0 Å². The normalized spacial score (nSPS) is 19.0. The lowest BCUT2D eigenvalue weighted by molar-refractivity contribution is -0.138. The van der Waals surface area contributed by atoms with Crippen molar-refractivity contribution in [3.63, 3.8) is 0 Å². The van der Waals surface area contributed by atoms with Crippen LogP contribution in [0.1, 0.15) is 36.8 Å². The van der Waals surface area contributed by atoms with Gasteiger partial charge in [0.25, 0.3) is 0 Å². The minimum absolute atomic E-state index is 0.0490. The summed E-state index contributed by atoms with van der Waals surface area (Å²) in [4.78, 5) is 13.7. The molecule has 2 N–H and O–H groups in total. The van der Waals surface area contributed by atoms with Crippen LogP contribution in [0.2, 0.25) is 0 Å². The van der Waals surface area contributed by atoms with E-state index in [9.17, 15) is 18.0 Å². The Hall–Kier alpha value is -1.56. The second-order valence-corrected chi connectivity index (χ2v) is 6.08. The summed E-state index contributed by atoms with van der Waals surface area (Å²) in [5.41, 5.74) is 5.20. The summed E-state index contributed by atoms with van der Waals surface area (Å²) < 4.78 is 39.0. The van der Waals surface area contributed by atoms with Crippen molar-refractivity contribution in [1.29, 1.82) is 0 Å². The van der Waals surface area contributed by atoms with Crippen LogP contribution in [0.15, 0.2) is 24.3 Å². The fraction of sp³-hybridized carbons (Fsp3) is 0.588. The van der Waals surface area contributed by atoms with Crippen molar-refractivity contribution in [2.24, 2.45) is 11.7 Å². The van der Waals surface area contributed by atoms with Crippen LogP contribution in [0.3, 0.4) is 0 Å². The Labute approximate surface area is 134 Å². The molecule has 0 aromatic heterocycles. The molecule has 1 heterocycles. The van der Waals surface area contributed by atoms with Crippen LogP contribution in [0.25, 0.3) is 0 Å². The van der Waals surface area contributed by atoms with Gasteiger partial charge in [-0.2, -0.15) is 13.2 Å². The number of piperidine rings is 1. The fourth-order valence-corrected chi connectivity index (χ4v) is 3.18. The maximum Gasteiger partial charge on any atom is 0.416 e. The molecular formula is C17H23F3N2O. The van der Waals surface area contributed by atoms with Crippen molar-refractivity contribution < 1.29 is 18.0 Å². The molecule has 1 atom stereocenters. The molecule has 1 amide bonds. The van der Waals surface area contributed by atoms with Crippen molar-refractivity contribution in [2.75, 3.05) is 19.6 Å². The number of benzene rings is 1. The second kappa shape index (κ2) is 7.81. The molecule has 0 saturated carbocycles. The third-order valence-corrected chi connectivity index (χ3v) is 4.37. The molecule has 2 rings (SSSR count). The average molecular weight is 328 g/mol. The fourth-order valence-electron chi connectivity index (χ4n) is 3.18. The van der Waals surface area contributed by atoms with Crippen molar-refractivity contribution in [3.8, 4) is 0 Å². The Bertz CT molecular complexity index is 531. The smallest absolute Gasteiger partial charge is 0.342 e. The van der Waals surface area contributed by atoms with Crippen LogP contribution < -0.4 is 5.73 Å². The van der Waals surface area contributed by atoms with Crippen LogP contribution in [0.4, 0.5) is 13.2 Å². The molecule has 0 aliphatic carbocycles. The van der Waals surface area contributed by atoms with E-state index in [1.54, 1.807) is 17.0 Å². The molecule has 23 heavy (non-hydrogen) atoms. The van der Waals surface area contributed by atoms with Gasteiger partial charge in [0.1, 0.15) is 0 Å². The van der Waals surface area contributed by atoms with Gasteiger partial charge in [0.05, 0.1) is 5.56 Å². The van der Waals surface area contributed by atoms with Crippen molar-refractivity contribution >= 4 is 5.91 Å². The molecule has 128 valence electrons. The predicted molar refractivity (Wildman–Crippen MR) is 82.7 cm³/mol. The first-order valence-electron chi connectivity index (χ1n) is 8.04. The molecule has 0 spiro atoms. The first-order chi connectivity index (χ1) is 10.9. The lowest BCUT2D eigenvalue weighted by Gasteiger charge is -2.33. The number of likely N-dealkylation sites (tertiary alicyclic amines) is 1. The van der Waals surface area contributed by atoms with Crippen LogP contribution in [0, 0.1) is 5.92 Å². The summed E-state index contributed by atoms with van der Waals surface area (Å²) in [6.07, 6.45) is -1.06. The summed E-state index contributed by atoms with van der Waals surface area (Å²) in [5, 5.41) is 0. The van der Waals surface area contributed by atoms with E-state index in [-0.39, 0.29) is 11.8 Å². The van der Waals surface area contributed by atoms with Gasteiger partial charge < -0.3 is 10.6 Å². The van der Waals surface area contributed by atoms with E-state index in [2.05, 4.69) is 0 Å². The molecule has 1 aliphatic heterocycles. The average Bonchev–Trinajstić information content (AvgIpc) is 2.53.